The van der Waals surface area contributed by atoms with Crippen LogP contribution in [0.25, 0.3) is 11.3 Å². The lowest BCUT2D eigenvalue weighted by atomic mass is 10.0. The van der Waals surface area contributed by atoms with Crippen molar-refractivity contribution in [2.75, 3.05) is 32.8 Å². The van der Waals surface area contributed by atoms with Gasteiger partial charge in [-0.2, -0.15) is 5.10 Å². The minimum atomic E-state index is 0.579. The molecule has 2 aromatic rings. The third kappa shape index (κ3) is 5.11. The molecule has 6 heteroatoms. The van der Waals surface area contributed by atoms with Crippen LogP contribution in [0, 0.1) is 5.92 Å². The van der Waals surface area contributed by atoms with Gasteiger partial charge in [0.05, 0.1) is 18.9 Å². The molecule has 6 nitrogen and oxygen atoms in total. The molecule has 2 aliphatic rings. The summed E-state index contributed by atoms with van der Waals surface area (Å²) in [5.41, 5.74) is 3.33. The minimum Gasteiger partial charge on any atom is -0.490 e. The van der Waals surface area contributed by atoms with E-state index in [9.17, 15) is 0 Å². The third-order valence-electron chi connectivity index (χ3n) is 5.72. The van der Waals surface area contributed by atoms with E-state index in [1.54, 1.807) is 0 Å². The van der Waals surface area contributed by atoms with E-state index in [-0.39, 0.29) is 0 Å². The van der Waals surface area contributed by atoms with Gasteiger partial charge in [0.1, 0.15) is 0 Å². The van der Waals surface area contributed by atoms with E-state index in [0.29, 0.717) is 19.3 Å². The second-order valence-corrected chi connectivity index (χ2v) is 8.74. The van der Waals surface area contributed by atoms with Crippen molar-refractivity contribution < 1.29 is 9.47 Å². The Balaban J connectivity index is 1.41. The maximum absolute atomic E-state index is 5.87. The molecule has 0 spiro atoms. The van der Waals surface area contributed by atoms with E-state index in [1.807, 2.05) is 17.8 Å². The number of ether oxygens (including phenoxy) is 2. The molecule has 0 radical (unpaired) electrons. The first-order chi connectivity index (χ1) is 14.1. The molecule has 3 heterocycles. The van der Waals surface area contributed by atoms with Gasteiger partial charge in [-0.3, -0.25) is 4.68 Å². The number of hydrogen-bond donors (Lipinski definition) is 1. The summed E-state index contributed by atoms with van der Waals surface area (Å²) in [6, 6.07) is 6.74. The molecule has 4 rings (SSSR count). The Labute approximate surface area is 174 Å². The molecule has 0 unspecified atom stereocenters. The van der Waals surface area contributed by atoms with Gasteiger partial charge in [-0.05, 0) is 50.0 Å². The molecule has 0 atom stereocenters. The first kappa shape index (κ1) is 20.2. The Morgan fingerprint density at radius 2 is 1.90 bits per heavy atom. The van der Waals surface area contributed by atoms with Gasteiger partial charge in [-0.25, -0.2) is 0 Å². The van der Waals surface area contributed by atoms with Crippen LogP contribution in [0.3, 0.4) is 0 Å². The van der Waals surface area contributed by atoms with Crippen LogP contribution in [-0.2, 0) is 13.6 Å². The molecule has 0 saturated carbocycles. The highest BCUT2D eigenvalue weighted by atomic mass is 16.5. The molecular weight excluding hydrogens is 364 g/mol. The molecule has 158 valence electrons. The number of nitrogens with zero attached hydrogens (tertiary/aromatic N) is 3. The van der Waals surface area contributed by atoms with Gasteiger partial charge in [0, 0.05) is 49.9 Å². The summed E-state index contributed by atoms with van der Waals surface area (Å²) >= 11 is 0. The number of hydrogen-bond acceptors (Lipinski definition) is 5. The smallest absolute Gasteiger partial charge is 0.161 e. The quantitative estimate of drug-likeness (QED) is 0.808. The predicted molar refractivity (Wildman–Crippen MR) is 115 cm³/mol. The lowest BCUT2D eigenvalue weighted by Gasteiger charge is -2.33. The van der Waals surface area contributed by atoms with Crippen LogP contribution in [0.2, 0.25) is 0 Å². The summed E-state index contributed by atoms with van der Waals surface area (Å²) in [6.07, 6.45) is 5.47. The van der Waals surface area contributed by atoms with Crippen molar-refractivity contribution in [3.05, 3.63) is 30.0 Å². The molecule has 29 heavy (non-hydrogen) atoms. The van der Waals surface area contributed by atoms with Crippen molar-refractivity contribution >= 4 is 0 Å². The predicted octanol–water partition coefficient (Wildman–Crippen LogP) is 3.46. The number of nitrogens with one attached hydrogen (secondary N) is 1. The minimum absolute atomic E-state index is 0.579. The van der Waals surface area contributed by atoms with Crippen LogP contribution in [-0.4, -0.2) is 53.6 Å². The molecule has 0 bridgehead atoms. The van der Waals surface area contributed by atoms with E-state index in [0.717, 1.165) is 41.6 Å². The lowest BCUT2D eigenvalue weighted by molar-refractivity contribution is 0.179. The van der Waals surface area contributed by atoms with E-state index < -0.39 is 0 Å². The second kappa shape index (κ2) is 9.18. The highest BCUT2D eigenvalue weighted by Gasteiger charge is 2.21. The lowest BCUT2D eigenvalue weighted by Crippen LogP contribution is -2.43. The van der Waals surface area contributed by atoms with Gasteiger partial charge >= 0.3 is 0 Å². The Kier molecular flexibility index (Phi) is 6.40. The number of likely N-dealkylation sites (tertiary alicyclic amines) is 1. The molecule has 1 fully saturated rings. The van der Waals surface area contributed by atoms with Crippen LogP contribution >= 0.6 is 0 Å². The van der Waals surface area contributed by atoms with Gasteiger partial charge < -0.3 is 19.7 Å². The Bertz CT molecular complexity index is 809. The molecule has 0 aliphatic carbocycles. The van der Waals surface area contributed by atoms with Crippen molar-refractivity contribution in [2.45, 2.75) is 45.7 Å². The Morgan fingerprint density at radius 3 is 2.66 bits per heavy atom. The first-order valence-electron chi connectivity index (χ1n) is 11.0. The van der Waals surface area contributed by atoms with Crippen molar-refractivity contribution in [3.63, 3.8) is 0 Å². The van der Waals surface area contributed by atoms with Gasteiger partial charge in [-0.15, -0.1) is 0 Å². The monoisotopic (exact) mass is 398 g/mol. The van der Waals surface area contributed by atoms with Crippen LogP contribution in [0.4, 0.5) is 0 Å². The van der Waals surface area contributed by atoms with Crippen LogP contribution in [0.1, 0.15) is 38.7 Å². The summed E-state index contributed by atoms with van der Waals surface area (Å²) in [6.45, 7) is 10.4. The average molecular weight is 399 g/mol. The van der Waals surface area contributed by atoms with Gasteiger partial charge in [0.2, 0.25) is 0 Å². The fraction of sp³-hybridized carbons (Fsp3) is 0.609. The van der Waals surface area contributed by atoms with Crippen LogP contribution in [0.5, 0.6) is 11.5 Å². The zero-order chi connectivity index (χ0) is 20.2. The summed E-state index contributed by atoms with van der Waals surface area (Å²) in [5, 5.41) is 8.51. The Hall–Kier alpha value is -2.05. The molecule has 0 amide bonds. The van der Waals surface area contributed by atoms with E-state index in [4.69, 9.17) is 14.6 Å². The summed E-state index contributed by atoms with van der Waals surface area (Å²) < 4.78 is 13.5. The highest BCUT2D eigenvalue weighted by molar-refractivity contribution is 5.66. The highest BCUT2D eigenvalue weighted by Crippen LogP contribution is 2.34. The molecule has 1 aromatic heterocycles. The molecule has 1 aromatic carbocycles. The number of aryl methyl sites for hydroxylation is 1. The largest absolute Gasteiger partial charge is 0.490 e. The van der Waals surface area contributed by atoms with E-state index in [2.05, 4.69) is 42.4 Å². The molecule has 1 N–H and O–H groups in total. The van der Waals surface area contributed by atoms with Gasteiger partial charge in [-0.1, -0.05) is 13.8 Å². The summed E-state index contributed by atoms with van der Waals surface area (Å²) in [4.78, 5) is 2.59. The van der Waals surface area contributed by atoms with Gasteiger partial charge in [0.15, 0.2) is 11.5 Å². The van der Waals surface area contributed by atoms with E-state index >= 15 is 0 Å². The number of rotatable bonds is 6. The number of benzene rings is 1. The SMILES string of the molecule is CC(C)CN1CCC(NCc2cn(C)nc2-c2ccc3c(c2)OCCCO3)CC1. The molecular formula is C23H34N4O2. The maximum atomic E-state index is 5.87. The first-order valence-corrected chi connectivity index (χ1v) is 11.0. The number of piperidine rings is 1. The molecule has 1 saturated heterocycles. The normalized spacial score (nSPS) is 18.2. The van der Waals surface area contributed by atoms with Crippen LogP contribution in [0.15, 0.2) is 24.4 Å². The average Bonchev–Trinajstić information content (AvgIpc) is 2.92. The fourth-order valence-corrected chi connectivity index (χ4v) is 4.31. The number of fused-ring (bicyclic) bond motifs is 1. The standard InChI is InChI=1S/C23H34N4O2/c1-17(2)15-27-9-7-20(8-10-27)24-14-19-16-26(3)25-23(19)18-5-6-21-22(13-18)29-12-4-11-28-21/h5-6,13,16-17,20,24H,4,7-12,14-15H2,1-3H3. The van der Waals surface area contributed by atoms with Gasteiger partial charge in [0.25, 0.3) is 0 Å². The van der Waals surface area contributed by atoms with Crippen molar-refractivity contribution in [1.29, 1.82) is 0 Å². The zero-order valence-electron chi connectivity index (χ0n) is 18.0. The summed E-state index contributed by atoms with van der Waals surface area (Å²) in [7, 11) is 1.99. The van der Waals surface area contributed by atoms with E-state index in [1.165, 1.54) is 38.0 Å². The number of aromatic nitrogens is 2. The Morgan fingerprint density at radius 1 is 1.14 bits per heavy atom. The topological polar surface area (TPSA) is 51.6 Å². The maximum Gasteiger partial charge on any atom is 0.161 e. The van der Waals surface area contributed by atoms with Crippen molar-refractivity contribution in [1.82, 2.24) is 20.0 Å². The zero-order valence-corrected chi connectivity index (χ0v) is 18.0. The van der Waals surface area contributed by atoms with Crippen LogP contribution < -0.4 is 14.8 Å². The third-order valence-corrected chi connectivity index (χ3v) is 5.72. The fourth-order valence-electron chi connectivity index (χ4n) is 4.31. The molecule has 2 aliphatic heterocycles. The van der Waals surface area contributed by atoms with Crippen molar-refractivity contribution in [3.8, 4) is 22.8 Å². The van der Waals surface area contributed by atoms with Crippen molar-refractivity contribution in [2.24, 2.45) is 13.0 Å². The summed E-state index contributed by atoms with van der Waals surface area (Å²) in [5.74, 6) is 2.39. The second-order valence-electron chi connectivity index (χ2n) is 8.74.